The van der Waals surface area contributed by atoms with Gasteiger partial charge in [0.2, 0.25) is 5.91 Å². The maximum Gasteiger partial charge on any atom is 0.223 e. The van der Waals surface area contributed by atoms with Gasteiger partial charge in [0.1, 0.15) is 0 Å². The van der Waals surface area contributed by atoms with Gasteiger partial charge in [0, 0.05) is 32.0 Å². The first-order chi connectivity index (χ1) is 5.77. The lowest BCUT2D eigenvalue weighted by Gasteiger charge is -2.14. The zero-order valence-corrected chi connectivity index (χ0v) is 7.13. The van der Waals surface area contributed by atoms with Gasteiger partial charge in [0.15, 0.2) is 0 Å². The van der Waals surface area contributed by atoms with Gasteiger partial charge >= 0.3 is 0 Å². The second kappa shape index (κ2) is 4.40. The number of halogens is 1. The van der Waals surface area contributed by atoms with Crippen LogP contribution in [-0.4, -0.2) is 37.1 Å². The molecule has 0 aromatic carbocycles. The first-order valence-electron chi connectivity index (χ1n) is 4.31. The topological polar surface area (TPSA) is 46.3 Å². The number of carbonyl (C=O) groups excluding carboxylic acids is 1. The smallest absolute Gasteiger partial charge is 0.223 e. The molecule has 0 radical (unpaired) electrons. The number of rotatable bonds is 3. The van der Waals surface area contributed by atoms with Crippen molar-refractivity contribution >= 4 is 5.91 Å². The summed E-state index contributed by atoms with van der Waals surface area (Å²) in [5.74, 6) is 0.125. The Hall–Kier alpha value is -0.640. The largest absolute Gasteiger partial charge is 0.342 e. The summed E-state index contributed by atoms with van der Waals surface area (Å²) in [5, 5.41) is 0. The van der Waals surface area contributed by atoms with Crippen molar-refractivity contribution in [3.05, 3.63) is 0 Å². The van der Waals surface area contributed by atoms with E-state index in [-0.39, 0.29) is 18.5 Å². The lowest BCUT2D eigenvalue weighted by atomic mass is 10.1. The number of hydrogen-bond acceptors (Lipinski definition) is 2. The van der Waals surface area contributed by atoms with Crippen LogP contribution in [0.15, 0.2) is 0 Å². The van der Waals surface area contributed by atoms with E-state index in [1.807, 2.05) is 0 Å². The third-order valence-electron chi connectivity index (χ3n) is 2.21. The molecule has 1 atom stereocenters. The van der Waals surface area contributed by atoms with Crippen LogP contribution < -0.4 is 5.73 Å². The van der Waals surface area contributed by atoms with Gasteiger partial charge < -0.3 is 10.6 Å². The van der Waals surface area contributed by atoms with E-state index < -0.39 is 0 Å². The molecule has 1 fully saturated rings. The van der Waals surface area contributed by atoms with Crippen LogP contribution in [0, 0.1) is 5.92 Å². The number of alkyl halides is 1. The van der Waals surface area contributed by atoms with Crippen LogP contribution >= 0.6 is 0 Å². The van der Waals surface area contributed by atoms with Crippen molar-refractivity contribution < 1.29 is 9.18 Å². The van der Waals surface area contributed by atoms with Gasteiger partial charge in [0.25, 0.3) is 0 Å². The van der Waals surface area contributed by atoms with Gasteiger partial charge in [-0.05, 0) is 6.42 Å². The van der Waals surface area contributed by atoms with Crippen LogP contribution in [0.2, 0.25) is 0 Å². The van der Waals surface area contributed by atoms with Crippen LogP contribution in [0.5, 0.6) is 0 Å². The Labute approximate surface area is 71.7 Å². The highest BCUT2D eigenvalue weighted by atomic mass is 19.1. The van der Waals surface area contributed by atoms with Crippen LogP contribution in [0.1, 0.15) is 12.8 Å². The monoisotopic (exact) mass is 174 g/mol. The molecule has 1 amide bonds. The van der Waals surface area contributed by atoms with Gasteiger partial charge in [-0.3, -0.25) is 9.18 Å². The summed E-state index contributed by atoms with van der Waals surface area (Å²) >= 11 is 0. The second-order valence-corrected chi connectivity index (χ2v) is 3.19. The number of nitrogens with zero attached hydrogens (tertiary/aromatic N) is 1. The zero-order chi connectivity index (χ0) is 8.97. The fourth-order valence-corrected chi connectivity index (χ4v) is 1.47. The second-order valence-electron chi connectivity index (χ2n) is 3.19. The molecule has 0 saturated carbocycles. The molecule has 4 heteroatoms. The van der Waals surface area contributed by atoms with Crippen molar-refractivity contribution in [3.63, 3.8) is 0 Å². The minimum Gasteiger partial charge on any atom is -0.342 e. The Morgan fingerprint density at radius 3 is 2.92 bits per heavy atom. The molecular formula is C8H15FN2O. The van der Waals surface area contributed by atoms with Crippen molar-refractivity contribution in [2.75, 3.05) is 26.3 Å². The van der Waals surface area contributed by atoms with Gasteiger partial charge in [-0.15, -0.1) is 0 Å². The third kappa shape index (κ3) is 2.17. The molecule has 70 valence electrons. The molecule has 0 aromatic rings. The molecule has 0 spiro atoms. The van der Waals surface area contributed by atoms with Crippen LogP contribution in [0.3, 0.4) is 0 Å². The number of hydrogen-bond donors (Lipinski definition) is 1. The summed E-state index contributed by atoms with van der Waals surface area (Å²) in [6, 6.07) is 0. The number of amides is 1. The normalized spacial score (nSPS) is 23.2. The van der Waals surface area contributed by atoms with Crippen molar-refractivity contribution in [2.24, 2.45) is 11.7 Å². The molecule has 1 rings (SSSR count). The Kier molecular flexibility index (Phi) is 3.47. The zero-order valence-electron chi connectivity index (χ0n) is 7.13. The van der Waals surface area contributed by atoms with Gasteiger partial charge in [-0.2, -0.15) is 0 Å². The highest BCUT2D eigenvalue weighted by molar-refractivity contribution is 5.76. The van der Waals surface area contributed by atoms with E-state index in [1.54, 1.807) is 4.90 Å². The molecule has 0 bridgehead atoms. The van der Waals surface area contributed by atoms with E-state index in [4.69, 9.17) is 5.73 Å². The Bertz CT molecular complexity index is 163. The van der Waals surface area contributed by atoms with E-state index in [2.05, 4.69) is 0 Å². The van der Waals surface area contributed by atoms with Crippen molar-refractivity contribution in [3.8, 4) is 0 Å². The number of carbonyl (C=O) groups is 1. The standard InChI is InChI=1S/C8H15FN2O/c9-5-7-2-4-11(6-7)8(12)1-3-10/h7H,1-6,10H2/t7-/m1/s1. The highest BCUT2D eigenvalue weighted by Crippen LogP contribution is 2.16. The molecule has 0 unspecified atom stereocenters. The quantitative estimate of drug-likeness (QED) is 0.662. The summed E-state index contributed by atoms with van der Waals surface area (Å²) in [6.07, 6.45) is 1.19. The van der Waals surface area contributed by atoms with Gasteiger partial charge in [0.05, 0.1) is 6.67 Å². The number of nitrogens with two attached hydrogens (primary N) is 1. The molecule has 2 N–H and O–H groups in total. The summed E-state index contributed by atoms with van der Waals surface area (Å²) in [5.41, 5.74) is 5.24. The lowest BCUT2D eigenvalue weighted by molar-refractivity contribution is -0.130. The molecule has 0 aliphatic carbocycles. The minimum atomic E-state index is -0.313. The Morgan fingerprint density at radius 1 is 1.67 bits per heavy atom. The summed E-state index contributed by atoms with van der Waals surface area (Å²) in [7, 11) is 0. The van der Waals surface area contributed by atoms with E-state index in [0.29, 0.717) is 26.1 Å². The highest BCUT2D eigenvalue weighted by Gasteiger charge is 2.25. The van der Waals surface area contributed by atoms with Crippen molar-refractivity contribution in [1.82, 2.24) is 4.90 Å². The number of likely N-dealkylation sites (tertiary alicyclic amines) is 1. The average molecular weight is 174 g/mol. The SMILES string of the molecule is NCCC(=O)N1CC[C@H](CF)C1. The average Bonchev–Trinajstić information content (AvgIpc) is 2.52. The van der Waals surface area contributed by atoms with E-state index in [0.717, 1.165) is 6.42 Å². The van der Waals surface area contributed by atoms with Crippen molar-refractivity contribution in [2.45, 2.75) is 12.8 Å². The van der Waals surface area contributed by atoms with Gasteiger partial charge in [-0.25, -0.2) is 0 Å². The lowest BCUT2D eigenvalue weighted by Crippen LogP contribution is -2.30. The molecule has 1 aliphatic rings. The van der Waals surface area contributed by atoms with Crippen molar-refractivity contribution in [1.29, 1.82) is 0 Å². The van der Waals surface area contributed by atoms with E-state index in [9.17, 15) is 9.18 Å². The van der Waals surface area contributed by atoms with Crippen LogP contribution in [0.25, 0.3) is 0 Å². The Morgan fingerprint density at radius 2 is 2.42 bits per heavy atom. The fraction of sp³-hybridized carbons (Fsp3) is 0.875. The molecule has 1 heterocycles. The summed E-state index contributed by atoms with van der Waals surface area (Å²) < 4.78 is 12.2. The maximum absolute atomic E-state index is 12.2. The summed E-state index contributed by atoms with van der Waals surface area (Å²) in [4.78, 5) is 12.9. The molecule has 12 heavy (non-hydrogen) atoms. The van der Waals surface area contributed by atoms with E-state index >= 15 is 0 Å². The predicted octanol–water partition coefficient (Wildman–Crippen LogP) is 0.153. The fourth-order valence-electron chi connectivity index (χ4n) is 1.47. The first kappa shape index (κ1) is 9.45. The summed E-state index contributed by atoms with van der Waals surface area (Å²) in [6.45, 7) is 1.35. The third-order valence-corrected chi connectivity index (χ3v) is 2.21. The molecule has 3 nitrogen and oxygen atoms in total. The molecular weight excluding hydrogens is 159 g/mol. The predicted molar refractivity (Wildman–Crippen MR) is 44.3 cm³/mol. The minimum absolute atomic E-state index is 0.0618. The molecule has 1 saturated heterocycles. The van der Waals surface area contributed by atoms with Crippen LogP contribution in [0.4, 0.5) is 4.39 Å². The Balaban J connectivity index is 2.31. The van der Waals surface area contributed by atoms with E-state index in [1.165, 1.54) is 0 Å². The maximum atomic E-state index is 12.2. The van der Waals surface area contributed by atoms with Crippen LogP contribution in [-0.2, 0) is 4.79 Å². The first-order valence-corrected chi connectivity index (χ1v) is 4.31. The molecule has 0 aromatic heterocycles. The molecule has 1 aliphatic heterocycles. The van der Waals surface area contributed by atoms with Gasteiger partial charge in [-0.1, -0.05) is 0 Å².